The summed E-state index contributed by atoms with van der Waals surface area (Å²) in [5.41, 5.74) is -0.398. The lowest BCUT2D eigenvalue weighted by molar-refractivity contribution is -0.00667. The van der Waals surface area contributed by atoms with Crippen molar-refractivity contribution >= 4 is 6.09 Å². The fourth-order valence-corrected chi connectivity index (χ4v) is 2.49. The molecule has 0 aromatic rings. The molecule has 0 aliphatic carbocycles. The number of amides is 1. The molecule has 0 saturated carbocycles. The molecule has 0 atom stereocenters. The molecular formula is C13H25N3O2. The molecular weight excluding hydrogens is 230 g/mol. The van der Waals surface area contributed by atoms with Crippen LogP contribution >= 0.6 is 0 Å². The van der Waals surface area contributed by atoms with Gasteiger partial charge in [-0.05, 0) is 27.8 Å². The van der Waals surface area contributed by atoms with Gasteiger partial charge in [-0.25, -0.2) is 4.79 Å². The quantitative estimate of drug-likeness (QED) is 0.696. The Morgan fingerprint density at radius 1 is 1.11 bits per heavy atom. The summed E-state index contributed by atoms with van der Waals surface area (Å²) in [4.78, 5) is 18.5. The van der Waals surface area contributed by atoms with E-state index in [0.717, 1.165) is 39.3 Å². The van der Waals surface area contributed by atoms with Gasteiger partial charge in [0.15, 0.2) is 0 Å². The molecule has 0 N–H and O–H groups in total. The Labute approximate surface area is 110 Å². The van der Waals surface area contributed by atoms with Crippen molar-refractivity contribution in [1.82, 2.24) is 14.7 Å². The molecule has 2 aliphatic heterocycles. The van der Waals surface area contributed by atoms with Crippen molar-refractivity contribution in [3.8, 4) is 0 Å². The molecule has 5 nitrogen and oxygen atoms in total. The average molecular weight is 255 g/mol. The fourth-order valence-electron chi connectivity index (χ4n) is 2.49. The molecule has 0 unspecified atom stereocenters. The highest BCUT2D eigenvalue weighted by Gasteiger charge is 2.33. The van der Waals surface area contributed by atoms with Crippen molar-refractivity contribution in [1.29, 1.82) is 0 Å². The van der Waals surface area contributed by atoms with Crippen LogP contribution in [0.25, 0.3) is 0 Å². The van der Waals surface area contributed by atoms with Crippen LogP contribution in [0.15, 0.2) is 0 Å². The molecule has 2 heterocycles. The van der Waals surface area contributed by atoms with Gasteiger partial charge in [0.1, 0.15) is 5.60 Å². The first-order valence-electron chi connectivity index (χ1n) is 6.76. The summed E-state index contributed by atoms with van der Waals surface area (Å²) >= 11 is 0. The van der Waals surface area contributed by atoms with Gasteiger partial charge >= 0.3 is 6.09 Å². The Morgan fingerprint density at radius 3 is 2.11 bits per heavy atom. The first-order chi connectivity index (χ1) is 8.35. The minimum atomic E-state index is -0.398. The van der Waals surface area contributed by atoms with Crippen LogP contribution in [0, 0.1) is 0 Å². The monoisotopic (exact) mass is 255 g/mol. The summed E-state index contributed by atoms with van der Waals surface area (Å²) < 4.78 is 5.39. The number of hydrogen-bond acceptors (Lipinski definition) is 4. The number of rotatable bonds is 1. The van der Waals surface area contributed by atoms with Crippen LogP contribution in [0.1, 0.15) is 20.8 Å². The molecule has 0 spiro atoms. The lowest BCUT2D eigenvalue weighted by atomic mass is 10.1. The summed E-state index contributed by atoms with van der Waals surface area (Å²) in [6.45, 7) is 11.6. The maximum absolute atomic E-state index is 11.9. The predicted molar refractivity (Wildman–Crippen MR) is 70.7 cm³/mol. The van der Waals surface area contributed by atoms with Gasteiger partial charge < -0.3 is 14.5 Å². The number of ether oxygens (including phenoxy) is 1. The Kier molecular flexibility index (Phi) is 3.82. The summed E-state index contributed by atoms with van der Waals surface area (Å²) in [6, 6.07) is 0.691. The first-order valence-corrected chi connectivity index (χ1v) is 6.76. The third kappa shape index (κ3) is 3.36. The maximum atomic E-state index is 11.9. The van der Waals surface area contributed by atoms with Gasteiger partial charge in [0.25, 0.3) is 0 Å². The second-order valence-electron chi connectivity index (χ2n) is 6.38. The number of carbonyl (C=O) groups excluding carboxylic acids is 1. The van der Waals surface area contributed by atoms with Gasteiger partial charge in [0.2, 0.25) is 0 Å². The topological polar surface area (TPSA) is 36.0 Å². The van der Waals surface area contributed by atoms with E-state index in [9.17, 15) is 4.79 Å². The number of carbonyl (C=O) groups is 1. The SMILES string of the molecule is CN1CC(N2CCN(C(=O)OC(C)(C)C)CC2)C1. The summed E-state index contributed by atoms with van der Waals surface area (Å²) in [5, 5.41) is 0. The van der Waals surface area contributed by atoms with Gasteiger partial charge in [-0.1, -0.05) is 0 Å². The normalized spacial score (nSPS) is 23.9. The zero-order chi connectivity index (χ0) is 13.3. The number of piperazine rings is 1. The number of nitrogens with zero attached hydrogens (tertiary/aromatic N) is 3. The molecule has 2 saturated heterocycles. The third-order valence-corrected chi connectivity index (χ3v) is 3.53. The van der Waals surface area contributed by atoms with Crippen molar-refractivity contribution < 1.29 is 9.53 Å². The molecule has 2 aliphatic rings. The van der Waals surface area contributed by atoms with Crippen LogP contribution in [0.4, 0.5) is 4.79 Å². The van der Waals surface area contributed by atoms with E-state index in [-0.39, 0.29) is 6.09 Å². The largest absolute Gasteiger partial charge is 0.444 e. The number of likely N-dealkylation sites (tertiary alicyclic amines) is 1. The van der Waals surface area contributed by atoms with Crippen LogP contribution in [0.3, 0.4) is 0 Å². The van der Waals surface area contributed by atoms with E-state index < -0.39 is 5.60 Å². The maximum Gasteiger partial charge on any atom is 0.410 e. The van der Waals surface area contributed by atoms with E-state index >= 15 is 0 Å². The van der Waals surface area contributed by atoms with Gasteiger partial charge in [0.05, 0.1) is 0 Å². The van der Waals surface area contributed by atoms with Crippen LogP contribution in [-0.2, 0) is 4.74 Å². The Hall–Kier alpha value is -0.810. The van der Waals surface area contributed by atoms with Gasteiger partial charge in [-0.3, -0.25) is 4.90 Å². The van der Waals surface area contributed by atoms with Crippen LogP contribution < -0.4 is 0 Å². The second kappa shape index (κ2) is 5.05. The summed E-state index contributed by atoms with van der Waals surface area (Å²) in [6.07, 6.45) is -0.173. The first kappa shape index (κ1) is 13.6. The van der Waals surface area contributed by atoms with E-state index in [1.807, 2.05) is 25.7 Å². The highest BCUT2D eigenvalue weighted by atomic mass is 16.6. The number of hydrogen-bond donors (Lipinski definition) is 0. The Balaban J connectivity index is 1.74. The van der Waals surface area contributed by atoms with E-state index in [1.54, 1.807) is 0 Å². The fraction of sp³-hybridized carbons (Fsp3) is 0.923. The van der Waals surface area contributed by atoms with Crippen LogP contribution in [0.2, 0.25) is 0 Å². The van der Waals surface area contributed by atoms with Gasteiger partial charge in [-0.2, -0.15) is 0 Å². The molecule has 104 valence electrons. The smallest absolute Gasteiger partial charge is 0.410 e. The molecule has 1 amide bonds. The standard InChI is InChI=1S/C13H25N3O2/c1-13(2,3)18-12(17)16-7-5-15(6-8-16)11-9-14(4)10-11/h11H,5-10H2,1-4H3. The Bertz CT molecular complexity index is 300. The van der Waals surface area contributed by atoms with E-state index in [4.69, 9.17) is 4.74 Å². The zero-order valence-electron chi connectivity index (χ0n) is 12.0. The van der Waals surface area contributed by atoms with Crippen molar-refractivity contribution in [2.24, 2.45) is 0 Å². The highest BCUT2D eigenvalue weighted by Crippen LogP contribution is 2.16. The molecule has 18 heavy (non-hydrogen) atoms. The number of likely N-dealkylation sites (N-methyl/N-ethyl adjacent to an activating group) is 1. The third-order valence-electron chi connectivity index (χ3n) is 3.53. The molecule has 0 aromatic carbocycles. The lowest BCUT2D eigenvalue weighted by Gasteiger charge is -2.46. The van der Waals surface area contributed by atoms with E-state index in [1.165, 1.54) is 0 Å². The Morgan fingerprint density at radius 2 is 1.67 bits per heavy atom. The van der Waals surface area contributed by atoms with Crippen molar-refractivity contribution in [2.75, 3.05) is 46.3 Å². The van der Waals surface area contributed by atoms with Crippen LogP contribution in [0.5, 0.6) is 0 Å². The zero-order valence-corrected chi connectivity index (χ0v) is 12.0. The molecule has 2 fully saturated rings. The summed E-state index contributed by atoms with van der Waals surface area (Å²) in [5.74, 6) is 0. The van der Waals surface area contributed by atoms with Gasteiger partial charge in [-0.15, -0.1) is 0 Å². The average Bonchev–Trinajstić information content (AvgIpc) is 2.23. The van der Waals surface area contributed by atoms with Crippen molar-refractivity contribution in [3.05, 3.63) is 0 Å². The highest BCUT2D eigenvalue weighted by molar-refractivity contribution is 5.68. The van der Waals surface area contributed by atoms with Gasteiger partial charge in [0, 0.05) is 45.3 Å². The van der Waals surface area contributed by atoms with Crippen molar-refractivity contribution in [3.63, 3.8) is 0 Å². The van der Waals surface area contributed by atoms with E-state index in [0.29, 0.717) is 6.04 Å². The van der Waals surface area contributed by atoms with E-state index in [2.05, 4.69) is 16.8 Å². The molecule has 0 radical (unpaired) electrons. The van der Waals surface area contributed by atoms with Crippen LogP contribution in [-0.4, -0.2) is 78.8 Å². The summed E-state index contributed by atoms with van der Waals surface area (Å²) in [7, 11) is 2.15. The molecule has 0 aromatic heterocycles. The lowest BCUT2D eigenvalue weighted by Crippen LogP contribution is -2.62. The minimum absolute atomic E-state index is 0.173. The molecule has 5 heteroatoms. The molecule has 0 bridgehead atoms. The predicted octanol–water partition coefficient (Wildman–Crippen LogP) is 0.853. The second-order valence-corrected chi connectivity index (χ2v) is 6.38. The minimum Gasteiger partial charge on any atom is -0.444 e. The molecule has 2 rings (SSSR count). The van der Waals surface area contributed by atoms with Crippen molar-refractivity contribution in [2.45, 2.75) is 32.4 Å².